The van der Waals surface area contributed by atoms with E-state index in [0.717, 1.165) is 12.8 Å². The highest BCUT2D eigenvalue weighted by molar-refractivity contribution is 5.69. The first-order chi connectivity index (χ1) is 4.63. The van der Waals surface area contributed by atoms with Crippen molar-refractivity contribution >= 4 is 5.97 Å². The van der Waals surface area contributed by atoms with Crippen LogP contribution in [0.5, 0.6) is 0 Å². The maximum absolute atomic E-state index is 10.3. The average molecular weight is 143 g/mol. The highest BCUT2D eigenvalue weighted by Gasteiger charge is 2.21. The lowest BCUT2D eigenvalue weighted by atomic mass is 9.90. The van der Waals surface area contributed by atoms with Gasteiger partial charge in [0.05, 0.1) is 5.92 Å². The number of carbonyl (C=O) groups excluding carboxylic acids is 1. The van der Waals surface area contributed by atoms with Gasteiger partial charge in [0.15, 0.2) is 0 Å². The second-order valence-electron chi connectivity index (χ2n) is 2.68. The molecule has 0 aliphatic rings. The summed E-state index contributed by atoms with van der Waals surface area (Å²) in [6, 6.07) is 0. The molecule has 0 aromatic heterocycles. The first-order valence-electron chi connectivity index (χ1n) is 3.84. The number of rotatable bonds is 4. The maximum Gasteiger partial charge on any atom is 0.358 e. The van der Waals surface area contributed by atoms with Gasteiger partial charge in [0.1, 0.15) is 0 Å². The van der Waals surface area contributed by atoms with E-state index in [4.69, 9.17) is 0 Å². The molecular formula is C8H15O2. The van der Waals surface area contributed by atoms with Crippen molar-refractivity contribution in [3.63, 3.8) is 0 Å². The zero-order valence-corrected chi connectivity index (χ0v) is 6.89. The van der Waals surface area contributed by atoms with E-state index in [-0.39, 0.29) is 11.8 Å². The third kappa shape index (κ3) is 2.38. The van der Waals surface area contributed by atoms with Gasteiger partial charge in [-0.2, -0.15) is 0 Å². The predicted octanol–water partition coefficient (Wildman–Crippen LogP) is 2.02. The van der Waals surface area contributed by atoms with Crippen LogP contribution in [0.1, 0.15) is 33.6 Å². The first kappa shape index (κ1) is 9.47. The van der Waals surface area contributed by atoms with E-state index >= 15 is 0 Å². The van der Waals surface area contributed by atoms with Gasteiger partial charge in [-0.3, -0.25) is 0 Å². The average Bonchev–Trinajstić information content (AvgIpc) is 1.90. The molecular weight excluding hydrogens is 128 g/mol. The molecule has 0 rings (SSSR count). The predicted molar refractivity (Wildman–Crippen MR) is 38.9 cm³/mol. The minimum atomic E-state index is -0.922. The maximum atomic E-state index is 10.3. The molecule has 1 unspecified atom stereocenters. The Balaban J connectivity index is 3.88. The minimum Gasteiger partial charge on any atom is -0.247 e. The molecule has 1 atom stereocenters. The molecule has 0 N–H and O–H groups in total. The van der Waals surface area contributed by atoms with Crippen LogP contribution < -0.4 is 0 Å². The molecule has 59 valence electrons. The van der Waals surface area contributed by atoms with Crippen molar-refractivity contribution in [3.8, 4) is 0 Å². The Labute approximate surface area is 62.2 Å². The summed E-state index contributed by atoms with van der Waals surface area (Å²) in [5, 5.41) is 10.3. The van der Waals surface area contributed by atoms with Crippen LogP contribution in [0.3, 0.4) is 0 Å². The van der Waals surface area contributed by atoms with Crippen LogP contribution in [0.15, 0.2) is 0 Å². The summed E-state index contributed by atoms with van der Waals surface area (Å²) in [7, 11) is 0. The van der Waals surface area contributed by atoms with Crippen LogP contribution in [0.2, 0.25) is 0 Å². The Kier molecular flexibility index (Phi) is 4.08. The van der Waals surface area contributed by atoms with Crippen molar-refractivity contribution < 1.29 is 9.90 Å². The van der Waals surface area contributed by atoms with Gasteiger partial charge in [-0.1, -0.05) is 33.6 Å². The molecule has 0 aliphatic carbocycles. The zero-order valence-electron chi connectivity index (χ0n) is 6.89. The Hall–Kier alpha value is -0.530. The summed E-state index contributed by atoms with van der Waals surface area (Å²) >= 11 is 0. The topological polar surface area (TPSA) is 37.0 Å². The lowest BCUT2D eigenvalue weighted by Crippen LogP contribution is -2.18. The van der Waals surface area contributed by atoms with Crippen LogP contribution in [-0.4, -0.2) is 5.97 Å². The summed E-state index contributed by atoms with van der Waals surface area (Å²) in [6.45, 7) is 5.73. The normalized spacial score (nSPS) is 13.6. The molecule has 2 nitrogen and oxygen atoms in total. The Morgan fingerprint density at radius 3 is 1.80 bits per heavy atom. The lowest BCUT2D eigenvalue weighted by molar-refractivity contribution is -0.149. The molecule has 0 heterocycles. The van der Waals surface area contributed by atoms with E-state index in [1.165, 1.54) is 0 Å². The van der Waals surface area contributed by atoms with Gasteiger partial charge in [0, 0.05) is 0 Å². The summed E-state index contributed by atoms with van der Waals surface area (Å²) in [6.07, 6.45) is 1.84. The molecule has 0 saturated carbocycles. The summed E-state index contributed by atoms with van der Waals surface area (Å²) in [5.74, 6) is -0.936. The fourth-order valence-corrected chi connectivity index (χ4v) is 1.19. The molecule has 0 fully saturated rings. The van der Waals surface area contributed by atoms with E-state index in [0.29, 0.717) is 0 Å². The van der Waals surface area contributed by atoms with Gasteiger partial charge >= 0.3 is 5.97 Å². The monoisotopic (exact) mass is 143 g/mol. The molecule has 0 saturated heterocycles. The molecule has 0 aromatic rings. The van der Waals surface area contributed by atoms with Crippen molar-refractivity contribution in [1.82, 2.24) is 0 Å². The van der Waals surface area contributed by atoms with Gasteiger partial charge in [-0.25, -0.2) is 9.90 Å². The van der Waals surface area contributed by atoms with E-state index in [1.807, 2.05) is 13.8 Å². The highest BCUT2D eigenvalue weighted by atomic mass is 16.4. The Bertz CT molecular complexity index is 106. The zero-order chi connectivity index (χ0) is 8.15. The van der Waals surface area contributed by atoms with E-state index < -0.39 is 5.97 Å². The van der Waals surface area contributed by atoms with Gasteiger partial charge in [-0.05, 0) is 5.92 Å². The molecule has 10 heavy (non-hydrogen) atoms. The second-order valence-corrected chi connectivity index (χ2v) is 2.68. The van der Waals surface area contributed by atoms with Crippen molar-refractivity contribution in [1.29, 1.82) is 0 Å². The van der Waals surface area contributed by atoms with Crippen LogP contribution >= 0.6 is 0 Å². The van der Waals surface area contributed by atoms with Gasteiger partial charge in [0.25, 0.3) is 0 Å². The first-order valence-corrected chi connectivity index (χ1v) is 3.84. The number of carbonyl (C=O) groups is 1. The molecule has 0 bridgehead atoms. The third-order valence-corrected chi connectivity index (χ3v) is 2.13. The van der Waals surface area contributed by atoms with E-state index in [2.05, 4.69) is 0 Å². The minimum absolute atomic E-state index is 0.282. The second kappa shape index (κ2) is 4.31. The van der Waals surface area contributed by atoms with Crippen molar-refractivity contribution in [2.45, 2.75) is 33.6 Å². The van der Waals surface area contributed by atoms with Gasteiger partial charge in [0.2, 0.25) is 0 Å². The fourth-order valence-electron chi connectivity index (χ4n) is 1.19. The quantitative estimate of drug-likeness (QED) is 0.593. The standard InChI is InChI=1S/C8H15O2/c1-4-7(5-2)6(3)8(9)10/h6-7H,4-5H2,1-3H3. The molecule has 1 radical (unpaired) electrons. The van der Waals surface area contributed by atoms with Crippen molar-refractivity contribution in [2.24, 2.45) is 11.8 Å². The van der Waals surface area contributed by atoms with Crippen LogP contribution in [0.25, 0.3) is 0 Å². The van der Waals surface area contributed by atoms with Crippen LogP contribution in [-0.2, 0) is 9.90 Å². The molecule has 0 spiro atoms. The number of hydrogen-bond acceptors (Lipinski definition) is 1. The third-order valence-electron chi connectivity index (χ3n) is 2.13. The molecule has 2 heteroatoms. The van der Waals surface area contributed by atoms with Crippen molar-refractivity contribution in [2.75, 3.05) is 0 Å². The number of hydrogen-bond donors (Lipinski definition) is 0. The molecule has 0 aliphatic heterocycles. The largest absolute Gasteiger partial charge is 0.358 e. The smallest absolute Gasteiger partial charge is 0.247 e. The Morgan fingerprint density at radius 2 is 1.70 bits per heavy atom. The van der Waals surface area contributed by atoms with Crippen LogP contribution in [0, 0.1) is 11.8 Å². The van der Waals surface area contributed by atoms with E-state index in [9.17, 15) is 9.90 Å². The highest BCUT2D eigenvalue weighted by Crippen LogP contribution is 2.18. The summed E-state index contributed by atoms with van der Waals surface area (Å²) in [4.78, 5) is 10.3. The lowest BCUT2D eigenvalue weighted by Gasteiger charge is -2.14. The fraction of sp³-hybridized carbons (Fsp3) is 0.875. The molecule has 0 aromatic carbocycles. The Morgan fingerprint density at radius 1 is 1.30 bits per heavy atom. The van der Waals surface area contributed by atoms with Gasteiger partial charge in [-0.15, -0.1) is 0 Å². The summed E-state index contributed by atoms with van der Waals surface area (Å²) in [5.41, 5.74) is 0. The molecule has 0 amide bonds. The van der Waals surface area contributed by atoms with Crippen molar-refractivity contribution in [3.05, 3.63) is 0 Å². The van der Waals surface area contributed by atoms with Crippen LogP contribution in [0.4, 0.5) is 0 Å². The SMILES string of the molecule is CCC(CC)C(C)C([O])=O. The summed E-state index contributed by atoms with van der Waals surface area (Å²) < 4.78 is 0. The van der Waals surface area contributed by atoms with E-state index in [1.54, 1.807) is 6.92 Å². The van der Waals surface area contributed by atoms with Gasteiger partial charge < -0.3 is 0 Å².